The standard InChI is InChI=1S/C15H18ClNO2/c16-12-5-10(6-13-14(12)19-9-18-13)7-17-8-15(3-4-15)11-1-2-11/h5-6,11,17H,1-4,7-9H2. The van der Waals surface area contributed by atoms with Gasteiger partial charge >= 0.3 is 0 Å². The maximum atomic E-state index is 6.18. The molecule has 1 aromatic rings. The van der Waals surface area contributed by atoms with Gasteiger partial charge in [0.1, 0.15) is 0 Å². The molecule has 0 unspecified atom stereocenters. The van der Waals surface area contributed by atoms with Crippen molar-refractivity contribution in [3.63, 3.8) is 0 Å². The van der Waals surface area contributed by atoms with E-state index in [9.17, 15) is 0 Å². The molecular formula is C15H18ClNO2. The Kier molecular flexibility index (Phi) is 2.68. The summed E-state index contributed by atoms with van der Waals surface area (Å²) in [5, 5.41) is 4.24. The number of ether oxygens (including phenoxy) is 2. The van der Waals surface area contributed by atoms with Crippen LogP contribution in [-0.4, -0.2) is 13.3 Å². The Morgan fingerprint density at radius 2 is 2.11 bits per heavy atom. The van der Waals surface area contributed by atoms with E-state index in [1.807, 2.05) is 12.1 Å². The Bertz CT molecular complexity index is 509. The molecule has 2 aliphatic carbocycles. The molecule has 1 N–H and O–H groups in total. The summed E-state index contributed by atoms with van der Waals surface area (Å²) in [5.74, 6) is 2.45. The second kappa shape index (κ2) is 4.29. The SMILES string of the molecule is Clc1cc(CNCC2(C3CC3)CC2)cc2c1OCO2. The van der Waals surface area contributed by atoms with Crippen LogP contribution in [0.25, 0.3) is 0 Å². The number of benzene rings is 1. The first-order valence-corrected chi connectivity index (χ1v) is 7.43. The summed E-state index contributed by atoms with van der Waals surface area (Å²) in [6, 6.07) is 4.00. The molecule has 19 heavy (non-hydrogen) atoms. The summed E-state index contributed by atoms with van der Waals surface area (Å²) in [5.41, 5.74) is 1.81. The highest BCUT2D eigenvalue weighted by Crippen LogP contribution is 2.60. The molecule has 0 radical (unpaired) electrons. The maximum Gasteiger partial charge on any atom is 0.231 e. The smallest absolute Gasteiger partial charge is 0.231 e. The molecule has 0 atom stereocenters. The van der Waals surface area contributed by atoms with Gasteiger partial charge in [0.2, 0.25) is 6.79 Å². The predicted molar refractivity (Wildman–Crippen MR) is 73.7 cm³/mol. The lowest BCUT2D eigenvalue weighted by Crippen LogP contribution is -2.25. The number of halogens is 1. The van der Waals surface area contributed by atoms with E-state index in [1.165, 1.54) is 31.2 Å². The van der Waals surface area contributed by atoms with Crippen molar-refractivity contribution in [3.05, 3.63) is 22.7 Å². The quantitative estimate of drug-likeness (QED) is 0.897. The fraction of sp³-hybridized carbons (Fsp3) is 0.600. The van der Waals surface area contributed by atoms with Gasteiger partial charge in [-0.15, -0.1) is 0 Å². The van der Waals surface area contributed by atoms with E-state index in [0.29, 0.717) is 16.2 Å². The summed E-state index contributed by atoms with van der Waals surface area (Å²) in [4.78, 5) is 0. The van der Waals surface area contributed by atoms with Crippen LogP contribution in [0.5, 0.6) is 11.5 Å². The van der Waals surface area contributed by atoms with Crippen molar-refractivity contribution in [2.75, 3.05) is 13.3 Å². The molecule has 1 aromatic carbocycles. The predicted octanol–water partition coefficient (Wildman–Crippen LogP) is 3.35. The highest BCUT2D eigenvalue weighted by atomic mass is 35.5. The molecular weight excluding hydrogens is 262 g/mol. The molecule has 1 heterocycles. The summed E-state index contributed by atoms with van der Waals surface area (Å²) >= 11 is 6.18. The first-order valence-electron chi connectivity index (χ1n) is 7.06. The van der Waals surface area contributed by atoms with Crippen LogP contribution < -0.4 is 14.8 Å². The third-order valence-electron chi connectivity index (χ3n) is 4.63. The van der Waals surface area contributed by atoms with Crippen molar-refractivity contribution >= 4 is 11.6 Å². The van der Waals surface area contributed by atoms with Gasteiger partial charge in [0.25, 0.3) is 0 Å². The maximum absolute atomic E-state index is 6.18. The Morgan fingerprint density at radius 3 is 2.84 bits per heavy atom. The molecule has 0 bridgehead atoms. The lowest BCUT2D eigenvalue weighted by atomic mass is 10.0. The van der Waals surface area contributed by atoms with Gasteiger partial charge in [0, 0.05) is 13.1 Å². The van der Waals surface area contributed by atoms with E-state index in [4.69, 9.17) is 21.1 Å². The van der Waals surface area contributed by atoms with Crippen molar-refractivity contribution in [2.45, 2.75) is 32.2 Å². The number of rotatable bonds is 5. The molecule has 3 aliphatic rings. The van der Waals surface area contributed by atoms with E-state index in [2.05, 4.69) is 5.32 Å². The highest BCUT2D eigenvalue weighted by molar-refractivity contribution is 6.32. The van der Waals surface area contributed by atoms with Gasteiger partial charge in [-0.2, -0.15) is 0 Å². The number of fused-ring (bicyclic) bond motifs is 1. The topological polar surface area (TPSA) is 30.5 Å². The summed E-state index contributed by atoms with van der Waals surface area (Å²) in [6.45, 7) is 2.27. The zero-order valence-corrected chi connectivity index (χ0v) is 11.6. The third-order valence-corrected chi connectivity index (χ3v) is 4.91. The van der Waals surface area contributed by atoms with Gasteiger partial charge in [-0.1, -0.05) is 11.6 Å². The van der Waals surface area contributed by atoms with Crippen molar-refractivity contribution in [2.24, 2.45) is 11.3 Å². The van der Waals surface area contributed by atoms with Crippen LogP contribution in [0, 0.1) is 11.3 Å². The van der Waals surface area contributed by atoms with Gasteiger partial charge in [-0.3, -0.25) is 0 Å². The minimum Gasteiger partial charge on any atom is -0.454 e. The van der Waals surface area contributed by atoms with Gasteiger partial charge < -0.3 is 14.8 Å². The molecule has 0 aromatic heterocycles. The van der Waals surface area contributed by atoms with Crippen LogP contribution in [0.3, 0.4) is 0 Å². The summed E-state index contributed by atoms with van der Waals surface area (Å²) in [7, 11) is 0. The first-order chi connectivity index (χ1) is 9.27. The van der Waals surface area contributed by atoms with E-state index in [-0.39, 0.29) is 6.79 Å². The number of hydrogen-bond donors (Lipinski definition) is 1. The lowest BCUT2D eigenvalue weighted by Gasteiger charge is -2.15. The average molecular weight is 280 g/mol. The fourth-order valence-corrected chi connectivity index (χ4v) is 3.45. The van der Waals surface area contributed by atoms with E-state index >= 15 is 0 Å². The third kappa shape index (κ3) is 2.19. The number of hydrogen-bond acceptors (Lipinski definition) is 3. The molecule has 0 saturated heterocycles. The molecule has 2 fully saturated rings. The molecule has 2 saturated carbocycles. The molecule has 4 rings (SSSR count). The molecule has 102 valence electrons. The summed E-state index contributed by atoms with van der Waals surface area (Å²) < 4.78 is 10.7. The average Bonchev–Trinajstić information content (AvgIpc) is 3.28. The minimum atomic E-state index is 0.275. The van der Waals surface area contributed by atoms with Crippen molar-refractivity contribution in [1.29, 1.82) is 0 Å². The van der Waals surface area contributed by atoms with Crippen molar-refractivity contribution < 1.29 is 9.47 Å². The molecule has 0 amide bonds. The second-order valence-corrected chi connectivity index (χ2v) is 6.46. The Hall–Kier alpha value is -0.930. The zero-order chi connectivity index (χ0) is 12.9. The highest BCUT2D eigenvalue weighted by Gasteiger charge is 2.53. The second-order valence-electron chi connectivity index (χ2n) is 6.05. The monoisotopic (exact) mass is 279 g/mol. The number of nitrogens with one attached hydrogen (secondary N) is 1. The minimum absolute atomic E-state index is 0.275. The molecule has 0 spiro atoms. The van der Waals surface area contributed by atoms with Crippen LogP contribution >= 0.6 is 11.6 Å². The van der Waals surface area contributed by atoms with Gasteiger partial charge in [0.05, 0.1) is 5.02 Å². The van der Waals surface area contributed by atoms with Gasteiger partial charge in [-0.25, -0.2) is 0 Å². The van der Waals surface area contributed by atoms with Gasteiger partial charge in [0.15, 0.2) is 11.5 Å². The zero-order valence-electron chi connectivity index (χ0n) is 10.9. The molecule has 3 nitrogen and oxygen atoms in total. The normalized spacial score (nSPS) is 22.6. The van der Waals surface area contributed by atoms with Crippen LogP contribution in [-0.2, 0) is 6.54 Å². The van der Waals surface area contributed by atoms with Crippen LogP contribution in [0.1, 0.15) is 31.2 Å². The largest absolute Gasteiger partial charge is 0.454 e. The Balaban J connectivity index is 1.39. The van der Waals surface area contributed by atoms with Gasteiger partial charge in [-0.05, 0) is 54.7 Å². The molecule has 4 heteroatoms. The fourth-order valence-electron chi connectivity index (χ4n) is 3.16. The van der Waals surface area contributed by atoms with Crippen molar-refractivity contribution in [1.82, 2.24) is 5.32 Å². The molecule has 1 aliphatic heterocycles. The van der Waals surface area contributed by atoms with Crippen LogP contribution in [0.4, 0.5) is 0 Å². The van der Waals surface area contributed by atoms with E-state index < -0.39 is 0 Å². The lowest BCUT2D eigenvalue weighted by molar-refractivity contribution is 0.174. The van der Waals surface area contributed by atoms with Crippen LogP contribution in [0.2, 0.25) is 5.02 Å². The summed E-state index contributed by atoms with van der Waals surface area (Å²) in [6.07, 6.45) is 5.70. The Morgan fingerprint density at radius 1 is 1.26 bits per heavy atom. The van der Waals surface area contributed by atoms with Crippen molar-refractivity contribution in [3.8, 4) is 11.5 Å². The van der Waals surface area contributed by atoms with Crippen LogP contribution in [0.15, 0.2) is 12.1 Å². The Labute approximate surface area is 118 Å². The van der Waals surface area contributed by atoms with E-state index in [1.54, 1.807) is 0 Å². The van der Waals surface area contributed by atoms with E-state index in [0.717, 1.165) is 24.8 Å². The first kappa shape index (κ1) is 11.9.